The standard InChI is InChI=1S/C22H25ClFN3O/c1-3-5-13-26(22(28)17-8-6-7-9-18(17)24)15-21-25-19-11-10-16(23)14-20(19)27(21)12-4-2/h6-11,14H,3-5,12-13,15H2,1-2H3. The minimum atomic E-state index is -0.497. The molecule has 3 aromatic rings. The summed E-state index contributed by atoms with van der Waals surface area (Å²) in [6.07, 6.45) is 2.73. The van der Waals surface area contributed by atoms with Crippen molar-refractivity contribution >= 4 is 28.5 Å². The van der Waals surface area contributed by atoms with Crippen LogP contribution in [0.1, 0.15) is 49.3 Å². The van der Waals surface area contributed by atoms with Gasteiger partial charge in [-0.1, -0.05) is 44.0 Å². The largest absolute Gasteiger partial charge is 0.331 e. The van der Waals surface area contributed by atoms with Crippen LogP contribution in [-0.2, 0) is 13.1 Å². The van der Waals surface area contributed by atoms with Crippen LogP contribution < -0.4 is 0 Å². The maximum Gasteiger partial charge on any atom is 0.257 e. The van der Waals surface area contributed by atoms with Gasteiger partial charge in [-0.25, -0.2) is 9.37 Å². The topological polar surface area (TPSA) is 38.1 Å². The van der Waals surface area contributed by atoms with Crippen molar-refractivity contribution in [1.82, 2.24) is 14.5 Å². The van der Waals surface area contributed by atoms with Gasteiger partial charge in [0.15, 0.2) is 0 Å². The Balaban J connectivity index is 1.97. The maximum absolute atomic E-state index is 14.2. The van der Waals surface area contributed by atoms with E-state index in [1.807, 2.05) is 18.2 Å². The van der Waals surface area contributed by atoms with E-state index in [-0.39, 0.29) is 11.5 Å². The smallest absolute Gasteiger partial charge is 0.257 e. The fourth-order valence-corrected chi connectivity index (χ4v) is 3.48. The molecule has 4 nitrogen and oxygen atoms in total. The molecule has 0 saturated heterocycles. The molecule has 0 saturated carbocycles. The summed E-state index contributed by atoms with van der Waals surface area (Å²) in [5.41, 5.74) is 1.90. The third-order valence-electron chi connectivity index (χ3n) is 4.74. The third-order valence-corrected chi connectivity index (χ3v) is 4.98. The molecule has 0 aliphatic carbocycles. The Hall–Kier alpha value is -2.40. The highest BCUT2D eigenvalue weighted by Gasteiger charge is 2.21. The highest BCUT2D eigenvalue weighted by Crippen LogP contribution is 2.23. The van der Waals surface area contributed by atoms with Gasteiger partial charge in [-0.15, -0.1) is 0 Å². The molecule has 6 heteroatoms. The second-order valence-electron chi connectivity index (χ2n) is 6.87. The summed E-state index contributed by atoms with van der Waals surface area (Å²) < 4.78 is 16.3. The molecule has 3 rings (SSSR count). The lowest BCUT2D eigenvalue weighted by atomic mass is 10.1. The van der Waals surface area contributed by atoms with Gasteiger partial charge < -0.3 is 9.47 Å². The predicted octanol–water partition coefficient (Wildman–Crippen LogP) is 5.68. The number of imidazole rings is 1. The number of benzene rings is 2. The van der Waals surface area contributed by atoms with Crippen LogP contribution in [0.15, 0.2) is 42.5 Å². The zero-order valence-corrected chi connectivity index (χ0v) is 17.0. The van der Waals surface area contributed by atoms with E-state index in [2.05, 4.69) is 18.4 Å². The molecule has 1 amide bonds. The van der Waals surface area contributed by atoms with Crippen molar-refractivity contribution in [3.05, 3.63) is 64.7 Å². The van der Waals surface area contributed by atoms with Crippen LogP contribution in [0.5, 0.6) is 0 Å². The van der Waals surface area contributed by atoms with Crippen molar-refractivity contribution < 1.29 is 9.18 Å². The Labute approximate surface area is 169 Å². The lowest BCUT2D eigenvalue weighted by Crippen LogP contribution is -2.33. The van der Waals surface area contributed by atoms with E-state index in [0.29, 0.717) is 18.1 Å². The summed E-state index contributed by atoms with van der Waals surface area (Å²) in [5.74, 6) is -0.0116. The minimum Gasteiger partial charge on any atom is -0.331 e. The van der Waals surface area contributed by atoms with Gasteiger partial charge in [-0.2, -0.15) is 0 Å². The maximum atomic E-state index is 14.2. The van der Waals surface area contributed by atoms with E-state index in [0.717, 1.165) is 42.7 Å². The normalized spacial score (nSPS) is 11.1. The molecule has 0 spiro atoms. The molecule has 148 valence electrons. The van der Waals surface area contributed by atoms with Crippen molar-refractivity contribution in [2.24, 2.45) is 0 Å². The molecule has 0 atom stereocenters. The molecular formula is C22H25ClFN3O. The lowest BCUT2D eigenvalue weighted by Gasteiger charge is -2.23. The van der Waals surface area contributed by atoms with Crippen molar-refractivity contribution in [2.45, 2.75) is 46.2 Å². The molecule has 0 bridgehead atoms. The van der Waals surface area contributed by atoms with E-state index < -0.39 is 5.82 Å². The number of amides is 1. The number of aryl methyl sites for hydroxylation is 1. The number of rotatable bonds is 8. The average Bonchev–Trinajstić information content (AvgIpc) is 3.02. The number of carbonyl (C=O) groups excluding carboxylic acids is 1. The number of nitrogens with zero attached hydrogens (tertiary/aromatic N) is 3. The van der Waals surface area contributed by atoms with Gasteiger partial charge in [-0.3, -0.25) is 4.79 Å². The monoisotopic (exact) mass is 401 g/mol. The van der Waals surface area contributed by atoms with Crippen LogP contribution in [0.4, 0.5) is 4.39 Å². The van der Waals surface area contributed by atoms with Gasteiger partial charge >= 0.3 is 0 Å². The Kier molecular flexibility index (Phi) is 6.68. The SMILES string of the molecule is CCCCN(Cc1nc2ccc(Cl)cc2n1CCC)C(=O)c1ccccc1F. The molecule has 1 aromatic heterocycles. The second-order valence-corrected chi connectivity index (χ2v) is 7.31. The molecule has 0 fully saturated rings. The first-order valence-electron chi connectivity index (χ1n) is 9.73. The van der Waals surface area contributed by atoms with Crippen LogP contribution in [0.3, 0.4) is 0 Å². The molecule has 0 radical (unpaired) electrons. The zero-order chi connectivity index (χ0) is 20.1. The molecule has 1 heterocycles. The Morgan fingerprint density at radius 1 is 1.18 bits per heavy atom. The molecule has 28 heavy (non-hydrogen) atoms. The lowest BCUT2D eigenvalue weighted by molar-refractivity contribution is 0.0730. The summed E-state index contributed by atoms with van der Waals surface area (Å²) in [6, 6.07) is 11.7. The number of aromatic nitrogens is 2. The van der Waals surface area contributed by atoms with Gasteiger partial charge in [0.1, 0.15) is 11.6 Å². The fourth-order valence-electron chi connectivity index (χ4n) is 3.32. The van der Waals surface area contributed by atoms with Gasteiger partial charge in [0, 0.05) is 18.1 Å². The van der Waals surface area contributed by atoms with Crippen LogP contribution in [0.25, 0.3) is 11.0 Å². The van der Waals surface area contributed by atoms with E-state index in [9.17, 15) is 9.18 Å². The van der Waals surface area contributed by atoms with Crippen LogP contribution in [0, 0.1) is 5.82 Å². The Morgan fingerprint density at radius 3 is 2.68 bits per heavy atom. The first-order valence-corrected chi connectivity index (χ1v) is 10.1. The zero-order valence-electron chi connectivity index (χ0n) is 16.3. The summed E-state index contributed by atoms with van der Waals surface area (Å²) in [6.45, 7) is 5.83. The third kappa shape index (κ3) is 4.36. The molecule has 2 aromatic carbocycles. The highest BCUT2D eigenvalue weighted by atomic mass is 35.5. The van der Waals surface area contributed by atoms with Gasteiger partial charge in [0.05, 0.1) is 23.1 Å². The number of unbranched alkanes of at least 4 members (excludes halogenated alkanes) is 1. The molecular weight excluding hydrogens is 377 g/mol. The number of fused-ring (bicyclic) bond motifs is 1. The quantitative estimate of drug-likeness (QED) is 0.487. The molecule has 0 aliphatic heterocycles. The Morgan fingerprint density at radius 2 is 1.96 bits per heavy atom. The predicted molar refractivity (Wildman–Crippen MR) is 111 cm³/mol. The van der Waals surface area contributed by atoms with E-state index in [4.69, 9.17) is 16.6 Å². The summed E-state index contributed by atoms with van der Waals surface area (Å²) in [7, 11) is 0. The van der Waals surface area contributed by atoms with Crippen molar-refractivity contribution in [3.63, 3.8) is 0 Å². The average molecular weight is 402 g/mol. The Bertz CT molecular complexity index is 970. The van der Waals surface area contributed by atoms with Crippen LogP contribution in [0.2, 0.25) is 5.02 Å². The van der Waals surface area contributed by atoms with E-state index in [1.165, 1.54) is 12.1 Å². The van der Waals surface area contributed by atoms with Gasteiger partial charge in [0.25, 0.3) is 5.91 Å². The van der Waals surface area contributed by atoms with Crippen molar-refractivity contribution in [3.8, 4) is 0 Å². The van der Waals surface area contributed by atoms with Gasteiger partial charge in [-0.05, 0) is 43.2 Å². The number of carbonyl (C=O) groups is 1. The number of hydrogen-bond acceptors (Lipinski definition) is 2. The van der Waals surface area contributed by atoms with Crippen LogP contribution in [-0.4, -0.2) is 26.9 Å². The fraction of sp³-hybridized carbons (Fsp3) is 0.364. The first kappa shape index (κ1) is 20.3. The van der Waals surface area contributed by atoms with E-state index >= 15 is 0 Å². The van der Waals surface area contributed by atoms with Crippen LogP contribution >= 0.6 is 11.6 Å². The molecule has 0 N–H and O–H groups in total. The number of hydrogen-bond donors (Lipinski definition) is 0. The molecule has 0 unspecified atom stereocenters. The summed E-state index contributed by atoms with van der Waals surface area (Å²) in [5, 5.41) is 0.654. The second kappa shape index (κ2) is 9.20. The summed E-state index contributed by atoms with van der Waals surface area (Å²) in [4.78, 5) is 19.5. The highest BCUT2D eigenvalue weighted by molar-refractivity contribution is 6.31. The minimum absolute atomic E-state index is 0.0970. The molecule has 0 aliphatic rings. The van der Waals surface area contributed by atoms with Gasteiger partial charge in [0.2, 0.25) is 0 Å². The summed E-state index contributed by atoms with van der Waals surface area (Å²) >= 11 is 6.17. The van der Waals surface area contributed by atoms with Crippen molar-refractivity contribution in [2.75, 3.05) is 6.54 Å². The van der Waals surface area contributed by atoms with Crippen molar-refractivity contribution in [1.29, 1.82) is 0 Å². The van der Waals surface area contributed by atoms with E-state index in [1.54, 1.807) is 17.0 Å². The number of halogens is 2. The first-order chi connectivity index (χ1) is 13.5.